The molecular weight excluding hydrogens is 266 g/mol. The van der Waals surface area contributed by atoms with E-state index in [9.17, 15) is 0 Å². The van der Waals surface area contributed by atoms with Crippen molar-refractivity contribution in [2.24, 2.45) is 5.73 Å². The highest BCUT2D eigenvalue weighted by Gasteiger charge is 2.14. The van der Waals surface area contributed by atoms with Gasteiger partial charge in [-0.2, -0.15) is 0 Å². The van der Waals surface area contributed by atoms with Crippen LogP contribution in [0.2, 0.25) is 0 Å². The van der Waals surface area contributed by atoms with Crippen LogP contribution in [0.25, 0.3) is 22.4 Å². The van der Waals surface area contributed by atoms with Crippen LogP contribution in [0.5, 0.6) is 11.5 Å². The molecule has 106 valence electrons. The molecular formula is C16H15N3O2. The molecule has 4 rings (SSSR count). The van der Waals surface area contributed by atoms with Crippen molar-refractivity contribution >= 4 is 11.0 Å². The van der Waals surface area contributed by atoms with E-state index in [2.05, 4.69) is 9.97 Å². The number of para-hydroxylation sites is 1. The summed E-state index contributed by atoms with van der Waals surface area (Å²) in [7, 11) is 0. The van der Waals surface area contributed by atoms with Gasteiger partial charge in [0.25, 0.3) is 0 Å². The standard InChI is InChI=1S/C16H15N3O2/c17-9-11-2-1-3-12-15(11)19-16(18-12)10-4-5-13-14(8-10)21-7-6-20-13/h1-5,8H,6-7,9,17H2,(H,18,19). The van der Waals surface area contributed by atoms with E-state index in [0.29, 0.717) is 19.8 Å². The predicted octanol–water partition coefficient (Wildman–Crippen LogP) is 2.46. The molecule has 5 nitrogen and oxygen atoms in total. The molecule has 0 bridgehead atoms. The molecule has 2 aromatic carbocycles. The third-order valence-corrected chi connectivity index (χ3v) is 3.63. The largest absolute Gasteiger partial charge is 0.486 e. The van der Waals surface area contributed by atoms with Crippen LogP contribution < -0.4 is 15.2 Å². The van der Waals surface area contributed by atoms with Gasteiger partial charge in [-0.05, 0) is 29.8 Å². The smallest absolute Gasteiger partial charge is 0.162 e. The number of benzene rings is 2. The monoisotopic (exact) mass is 281 g/mol. The van der Waals surface area contributed by atoms with E-state index in [1.165, 1.54) is 0 Å². The van der Waals surface area contributed by atoms with Gasteiger partial charge in [-0.3, -0.25) is 0 Å². The number of fused-ring (bicyclic) bond motifs is 2. The van der Waals surface area contributed by atoms with E-state index < -0.39 is 0 Å². The van der Waals surface area contributed by atoms with Crippen LogP contribution in [0.1, 0.15) is 5.56 Å². The molecule has 3 aromatic rings. The van der Waals surface area contributed by atoms with Gasteiger partial charge in [0.05, 0.1) is 11.0 Å². The predicted molar refractivity (Wildman–Crippen MR) is 80.4 cm³/mol. The van der Waals surface area contributed by atoms with Crippen molar-refractivity contribution in [1.29, 1.82) is 0 Å². The molecule has 5 heteroatoms. The Kier molecular flexibility index (Phi) is 2.79. The lowest BCUT2D eigenvalue weighted by Gasteiger charge is -2.18. The van der Waals surface area contributed by atoms with Gasteiger partial charge < -0.3 is 20.2 Å². The van der Waals surface area contributed by atoms with E-state index in [4.69, 9.17) is 15.2 Å². The van der Waals surface area contributed by atoms with Crippen LogP contribution in [-0.4, -0.2) is 23.2 Å². The summed E-state index contributed by atoms with van der Waals surface area (Å²) in [6.07, 6.45) is 0. The zero-order chi connectivity index (χ0) is 14.2. The van der Waals surface area contributed by atoms with Crippen molar-refractivity contribution in [3.8, 4) is 22.9 Å². The van der Waals surface area contributed by atoms with Crippen LogP contribution in [0.15, 0.2) is 36.4 Å². The Morgan fingerprint density at radius 3 is 2.81 bits per heavy atom. The average molecular weight is 281 g/mol. The third kappa shape index (κ3) is 2.02. The van der Waals surface area contributed by atoms with Crippen LogP contribution in [-0.2, 0) is 6.54 Å². The maximum atomic E-state index is 5.76. The zero-order valence-electron chi connectivity index (χ0n) is 11.4. The number of nitrogens with zero attached hydrogens (tertiary/aromatic N) is 1. The SMILES string of the molecule is NCc1cccc2[nH]c(-c3ccc4c(c3)OCCO4)nc12. The Labute approximate surface area is 121 Å². The van der Waals surface area contributed by atoms with Crippen LogP contribution in [0.3, 0.4) is 0 Å². The van der Waals surface area contributed by atoms with Gasteiger partial charge in [0.1, 0.15) is 19.0 Å². The second-order valence-corrected chi connectivity index (χ2v) is 4.96. The number of rotatable bonds is 2. The highest BCUT2D eigenvalue weighted by molar-refractivity contribution is 5.82. The molecule has 0 spiro atoms. The Morgan fingerprint density at radius 2 is 1.95 bits per heavy atom. The minimum absolute atomic E-state index is 0.475. The molecule has 2 heterocycles. The van der Waals surface area contributed by atoms with Crippen molar-refractivity contribution in [2.75, 3.05) is 13.2 Å². The van der Waals surface area contributed by atoms with Crippen molar-refractivity contribution in [3.63, 3.8) is 0 Å². The number of nitrogens with two attached hydrogens (primary N) is 1. The molecule has 0 fully saturated rings. The fourth-order valence-corrected chi connectivity index (χ4v) is 2.58. The Hall–Kier alpha value is -2.53. The lowest BCUT2D eigenvalue weighted by Crippen LogP contribution is -2.15. The van der Waals surface area contributed by atoms with E-state index in [-0.39, 0.29) is 0 Å². The minimum atomic E-state index is 0.475. The van der Waals surface area contributed by atoms with Crippen molar-refractivity contribution in [2.45, 2.75) is 6.54 Å². The summed E-state index contributed by atoms with van der Waals surface area (Å²) < 4.78 is 11.2. The molecule has 0 aliphatic carbocycles. The first-order chi connectivity index (χ1) is 10.3. The normalized spacial score (nSPS) is 13.6. The lowest BCUT2D eigenvalue weighted by molar-refractivity contribution is 0.171. The molecule has 21 heavy (non-hydrogen) atoms. The number of nitrogens with one attached hydrogen (secondary N) is 1. The van der Waals surface area contributed by atoms with Gasteiger partial charge in [-0.15, -0.1) is 0 Å². The number of aromatic nitrogens is 2. The highest BCUT2D eigenvalue weighted by Crippen LogP contribution is 2.34. The van der Waals surface area contributed by atoms with E-state index in [0.717, 1.165) is 39.5 Å². The Balaban J connectivity index is 1.83. The number of aromatic amines is 1. The number of ether oxygens (including phenoxy) is 2. The minimum Gasteiger partial charge on any atom is -0.486 e. The number of imidazole rings is 1. The van der Waals surface area contributed by atoms with E-state index in [1.807, 2.05) is 36.4 Å². The maximum Gasteiger partial charge on any atom is 0.162 e. The fourth-order valence-electron chi connectivity index (χ4n) is 2.58. The van der Waals surface area contributed by atoms with Crippen molar-refractivity contribution in [3.05, 3.63) is 42.0 Å². The molecule has 0 atom stereocenters. The Bertz CT molecular complexity index is 810. The summed E-state index contributed by atoms with van der Waals surface area (Å²) in [5.41, 5.74) is 9.68. The van der Waals surface area contributed by atoms with Gasteiger partial charge in [-0.1, -0.05) is 12.1 Å². The highest BCUT2D eigenvalue weighted by atomic mass is 16.6. The summed E-state index contributed by atoms with van der Waals surface area (Å²) in [4.78, 5) is 8.00. The lowest BCUT2D eigenvalue weighted by atomic mass is 10.2. The van der Waals surface area contributed by atoms with Gasteiger partial charge in [0.15, 0.2) is 11.5 Å². The molecule has 0 unspecified atom stereocenters. The quantitative estimate of drug-likeness (QED) is 0.756. The second kappa shape index (κ2) is 4.79. The van der Waals surface area contributed by atoms with Gasteiger partial charge >= 0.3 is 0 Å². The van der Waals surface area contributed by atoms with Crippen LogP contribution in [0.4, 0.5) is 0 Å². The second-order valence-electron chi connectivity index (χ2n) is 4.96. The summed E-state index contributed by atoms with van der Waals surface area (Å²) in [6.45, 7) is 1.65. The molecule has 0 saturated heterocycles. The topological polar surface area (TPSA) is 73.2 Å². The third-order valence-electron chi connectivity index (χ3n) is 3.63. The van der Waals surface area contributed by atoms with Crippen molar-refractivity contribution in [1.82, 2.24) is 9.97 Å². The maximum absolute atomic E-state index is 5.76. The fraction of sp³-hybridized carbons (Fsp3) is 0.188. The summed E-state index contributed by atoms with van der Waals surface area (Å²) in [5, 5.41) is 0. The molecule has 1 aliphatic rings. The number of hydrogen-bond donors (Lipinski definition) is 2. The first-order valence-corrected chi connectivity index (χ1v) is 6.93. The van der Waals surface area contributed by atoms with Gasteiger partial charge in [0.2, 0.25) is 0 Å². The van der Waals surface area contributed by atoms with Crippen LogP contribution >= 0.6 is 0 Å². The zero-order valence-corrected chi connectivity index (χ0v) is 11.4. The molecule has 0 saturated carbocycles. The first-order valence-electron chi connectivity index (χ1n) is 6.93. The van der Waals surface area contributed by atoms with Gasteiger partial charge in [-0.25, -0.2) is 4.98 Å². The summed E-state index contributed by atoms with van der Waals surface area (Å²) in [6, 6.07) is 11.8. The van der Waals surface area contributed by atoms with E-state index >= 15 is 0 Å². The number of H-pyrrole nitrogens is 1. The molecule has 0 radical (unpaired) electrons. The molecule has 0 amide bonds. The first kappa shape index (κ1) is 12.2. The average Bonchev–Trinajstić information content (AvgIpc) is 2.98. The number of hydrogen-bond acceptors (Lipinski definition) is 4. The van der Waals surface area contributed by atoms with Gasteiger partial charge in [0, 0.05) is 12.1 Å². The Morgan fingerprint density at radius 1 is 1.10 bits per heavy atom. The van der Waals surface area contributed by atoms with Crippen LogP contribution in [0, 0.1) is 0 Å². The summed E-state index contributed by atoms with van der Waals surface area (Å²) >= 11 is 0. The van der Waals surface area contributed by atoms with E-state index in [1.54, 1.807) is 0 Å². The molecule has 3 N–H and O–H groups in total. The van der Waals surface area contributed by atoms with Crippen molar-refractivity contribution < 1.29 is 9.47 Å². The molecule has 1 aliphatic heterocycles. The molecule has 1 aromatic heterocycles. The summed E-state index contributed by atoms with van der Waals surface area (Å²) in [5.74, 6) is 2.35.